The van der Waals surface area contributed by atoms with E-state index in [9.17, 15) is 17.2 Å². The summed E-state index contributed by atoms with van der Waals surface area (Å²) in [7, 11) is -3.10. The second-order valence-corrected chi connectivity index (χ2v) is 7.08. The summed E-state index contributed by atoms with van der Waals surface area (Å²) in [6, 6.07) is 4.34. The van der Waals surface area contributed by atoms with Crippen molar-refractivity contribution in [3.63, 3.8) is 0 Å². The van der Waals surface area contributed by atoms with Crippen molar-refractivity contribution in [3.8, 4) is 0 Å². The number of sulfonamides is 1. The van der Waals surface area contributed by atoms with Gasteiger partial charge in [0, 0.05) is 19.4 Å². The third kappa shape index (κ3) is 3.66. The van der Waals surface area contributed by atoms with Crippen molar-refractivity contribution >= 4 is 27.4 Å². The average molecular weight is 377 g/mol. The summed E-state index contributed by atoms with van der Waals surface area (Å²) in [4.78, 5) is 3.31. The van der Waals surface area contributed by atoms with Crippen LogP contribution in [0.3, 0.4) is 0 Å². The molecule has 1 heterocycles. The van der Waals surface area contributed by atoms with Gasteiger partial charge in [-0.1, -0.05) is 24.6 Å². The van der Waals surface area contributed by atoms with E-state index >= 15 is 0 Å². The molecule has 0 aliphatic heterocycles. The van der Waals surface area contributed by atoms with Crippen LogP contribution >= 0.6 is 11.6 Å². The fourth-order valence-electron chi connectivity index (χ4n) is 1.97. The van der Waals surface area contributed by atoms with E-state index in [0.717, 1.165) is 22.4 Å². The van der Waals surface area contributed by atoms with Gasteiger partial charge in [-0.2, -0.15) is 0 Å². The number of benzene rings is 1. The van der Waals surface area contributed by atoms with Crippen LogP contribution in [-0.2, 0) is 21.2 Å². The van der Waals surface area contributed by atoms with Gasteiger partial charge in [0.15, 0.2) is 0 Å². The van der Waals surface area contributed by atoms with Crippen molar-refractivity contribution in [1.29, 1.82) is 0 Å². The van der Waals surface area contributed by atoms with Crippen LogP contribution in [-0.4, -0.2) is 27.2 Å². The minimum Gasteiger partial charge on any atom is -0.363 e. The highest BCUT2D eigenvalue weighted by molar-refractivity contribution is 7.92. The Labute approximate surface area is 143 Å². The number of anilines is 1. The van der Waals surface area contributed by atoms with E-state index in [0.29, 0.717) is 6.07 Å². The van der Waals surface area contributed by atoms with Crippen LogP contribution in [0.4, 0.5) is 14.6 Å². The fraction of sp³-hybridized carbons (Fsp3) is 0.267. The summed E-state index contributed by atoms with van der Waals surface area (Å²) in [5.41, 5.74) is 0.907. The molecule has 0 saturated carbocycles. The number of aromatic nitrogens is 1. The Kier molecular flexibility index (Phi) is 5.74. The summed E-state index contributed by atoms with van der Waals surface area (Å²) < 4.78 is 58.4. The second-order valence-electron chi connectivity index (χ2n) is 4.85. The Morgan fingerprint density at radius 1 is 1.25 bits per heavy atom. The van der Waals surface area contributed by atoms with E-state index in [1.807, 2.05) is 6.92 Å². The van der Waals surface area contributed by atoms with E-state index < -0.39 is 38.3 Å². The van der Waals surface area contributed by atoms with Crippen molar-refractivity contribution in [2.75, 3.05) is 18.1 Å². The summed E-state index contributed by atoms with van der Waals surface area (Å²) in [6.45, 7) is 1.53. The molecule has 0 spiro atoms. The molecule has 2 rings (SSSR count). The Morgan fingerprint density at radius 3 is 2.50 bits per heavy atom. The number of halogens is 3. The number of methoxy groups -OCH3 is 1. The third-order valence-electron chi connectivity index (χ3n) is 3.26. The highest BCUT2D eigenvalue weighted by Gasteiger charge is 2.30. The Hall–Kier alpha value is -1.77. The van der Waals surface area contributed by atoms with E-state index in [1.54, 1.807) is 6.07 Å². The molecular weight excluding hydrogens is 362 g/mol. The Morgan fingerprint density at radius 2 is 1.96 bits per heavy atom. The lowest BCUT2D eigenvalue weighted by Crippen LogP contribution is -2.34. The molecule has 0 N–H and O–H groups in total. The molecule has 0 radical (unpaired) electrons. The van der Waals surface area contributed by atoms with Gasteiger partial charge in [0.05, 0.1) is 5.02 Å². The molecule has 24 heavy (non-hydrogen) atoms. The van der Waals surface area contributed by atoms with Gasteiger partial charge in [-0.15, -0.1) is 0 Å². The minimum absolute atomic E-state index is 0.0499. The van der Waals surface area contributed by atoms with E-state index in [-0.39, 0.29) is 5.82 Å². The predicted octanol–water partition coefficient (Wildman–Crippen LogP) is 3.37. The first-order chi connectivity index (χ1) is 11.3. The minimum atomic E-state index is -4.39. The number of hydrogen-bond donors (Lipinski definition) is 0. The van der Waals surface area contributed by atoms with Gasteiger partial charge in [-0.3, -0.25) is 0 Å². The Bertz CT molecular complexity index is 829. The molecule has 0 saturated heterocycles. The van der Waals surface area contributed by atoms with Crippen LogP contribution in [0.1, 0.15) is 12.5 Å². The molecule has 0 aliphatic carbocycles. The maximum atomic E-state index is 14.0. The van der Waals surface area contributed by atoms with Gasteiger partial charge in [0.25, 0.3) is 10.0 Å². The van der Waals surface area contributed by atoms with E-state index in [2.05, 4.69) is 4.98 Å². The highest BCUT2D eigenvalue weighted by Crippen LogP contribution is 2.28. The lowest BCUT2D eigenvalue weighted by atomic mass is 10.2. The monoisotopic (exact) mass is 376 g/mol. The zero-order chi connectivity index (χ0) is 17.9. The van der Waals surface area contributed by atoms with Crippen LogP contribution in [0.2, 0.25) is 5.02 Å². The molecule has 0 unspecified atom stereocenters. The third-order valence-corrected chi connectivity index (χ3v) is 5.29. The van der Waals surface area contributed by atoms with Crippen molar-refractivity contribution < 1.29 is 21.9 Å². The number of pyridine rings is 1. The topological polar surface area (TPSA) is 59.5 Å². The zero-order valence-electron chi connectivity index (χ0n) is 13.0. The van der Waals surface area contributed by atoms with Crippen molar-refractivity contribution in [2.45, 2.75) is 18.2 Å². The van der Waals surface area contributed by atoms with Gasteiger partial charge in [-0.05, 0) is 24.1 Å². The van der Waals surface area contributed by atoms with Gasteiger partial charge >= 0.3 is 0 Å². The van der Waals surface area contributed by atoms with E-state index in [4.69, 9.17) is 16.3 Å². The largest absolute Gasteiger partial charge is 0.363 e. The first-order valence-corrected chi connectivity index (χ1v) is 8.74. The molecule has 2 aromatic rings. The van der Waals surface area contributed by atoms with Crippen molar-refractivity contribution in [3.05, 3.63) is 52.7 Å². The number of nitrogens with zero attached hydrogens (tertiary/aromatic N) is 2. The number of rotatable bonds is 6. The second kappa shape index (κ2) is 7.42. The van der Waals surface area contributed by atoms with Crippen LogP contribution in [0.25, 0.3) is 0 Å². The molecule has 0 fully saturated rings. The first-order valence-electron chi connectivity index (χ1n) is 6.92. The number of hydrogen-bond acceptors (Lipinski definition) is 4. The van der Waals surface area contributed by atoms with Crippen LogP contribution < -0.4 is 4.31 Å². The summed E-state index contributed by atoms with van der Waals surface area (Å²) in [5.74, 6) is -2.24. The van der Waals surface area contributed by atoms with Crippen molar-refractivity contribution in [2.24, 2.45) is 0 Å². The van der Waals surface area contributed by atoms with E-state index in [1.165, 1.54) is 19.4 Å². The van der Waals surface area contributed by atoms with Gasteiger partial charge in [-0.25, -0.2) is 26.5 Å². The molecular formula is C15H15ClF2N2O3S. The summed E-state index contributed by atoms with van der Waals surface area (Å²) in [5, 5.41) is -0.498. The van der Waals surface area contributed by atoms with Crippen molar-refractivity contribution in [1.82, 2.24) is 4.98 Å². The normalized spacial score (nSPS) is 11.5. The maximum Gasteiger partial charge on any atom is 0.270 e. The number of ether oxygens (including phenoxy) is 1. The lowest BCUT2D eigenvalue weighted by molar-refractivity contribution is 0.209. The zero-order valence-corrected chi connectivity index (χ0v) is 14.5. The summed E-state index contributed by atoms with van der Waals surface area (Å²) in [6.07, 6.45) is 2.24. The molecule has 5 nitrogen and oxygen atoms in total. The molecule has 9 heteroatoms. The standard InChI is InChI=1S/C15H15ClF2N2O3S/c1-3-10-4-5-15(19-8-10)20(9-23-2)24(21,22)14-6-11(16)12(17)7-13(14)18/h4-8H,3,9H2,1-2H3. The number of aryl methyl sites for hydroxylation is 1. The molecule has 1 aromatic carbocycles. The van der Waals surface area contributed by atoms with Crippen LogP contribution in [0, 0.1) is 11.6 Å². The molecule has 1 aromatic heterocycles. The highest BCUT2D eigenvalue weighted by atomic mass is 35.5. The molecule has 0 bridgehead atoms. The molecule has 0 atom stereocenters. The van der Waals surface area contributed by atoms with Crippen LogP contribution in [0.15, 0.2) is 35.4 Å². The van der Waals surface area contributed by atoms with Gasteiger partial charge < -0.3 is 4.74 Å². The smallest absolute Gasteiger partial charge is 0.270 e. The predicted molar refractivity (Wildman–Crippen MR) is 86.5 cm³/mol. The summed E-state index contributed by atoms with van der Waals surface area (Å²) >= 11 is 5.59. The van der Waals surface area contributed by atoms with Gasteiger partial charge in [0.1, 0.15) is 29.1 Å². The maximum absolute atomic E-state index is 14.0. The average Bonchev–Trinajstić information content (AvgIpc) is 2.55. The lowest BCUT2D eigenvalue weighted by Gasteiger charge is -2.23. The fourth-order valence-corrected chi connectivity index (χ4v) is 3.61. The Balaban J connectivity index is 2.54. The molecule has 0 aliphatic rings. The first kappa shape index (κ1) is 18.6. The SMILES string of the molecule is CCc1ccc(N(COC)S(=O)(=O)c2cc(Cl)c(F)cc2F)nc1. The quantitative estimate of drug-likeness (QED) is 0.573. The van der Waals surface area contributed by atoms with Crippen LogP contribution in [0.5, 0.6) is 0 Å². The molecule has 0 amide bonds. The molecule has 130 valence electrons. The van der Waals surface area contributed by atoms with Gasteiger partial charge in [0.2, 0.25) is 0 Å².